The van der Waals surface area contributed by atoms with Crippen LogP contribution in [0.25, 0.3) is 0 Å². The van der Waals surface area contributed by atoms with E-state index in [1.165, 1.54) is 43.7 Å². The van der Waals surface area contributed by atoms with E-state index in [2.05, 4.69) is 34.3 Å². The highest BCUT2D eigenvalue weighted by atomic mass is 16.5. The molecule has 0 bridgehead atoms. The normalized spacial score (nSPS) is 26.0. The average Bonchev–Trinajstić information content (AvgIpc) is 2.80. The Labute approximate surface area is 121 Å². The molecule has 1 unspecified atom stereocenters. The first kappa shape index (κ1) is 14.0. The Morgan fingerprint density at radius 3 is 2.80 bits per heavy atom. The molecule has 1 aromatic rings. The van der Waals surface area contributed by atoms with Crippen molar-refractivity contribution in [2.24, 2.45) is 5.92 Å². The molecule has 2 saturated heterocycles. The van der Waals surface area contributed by atoms with E-state index in [-0.39, 0.29) is 0 Å². The van der Waals surface area contributed by atoms with Crippen molar-refractivity contribution in [2.45, 2.75) is 32.7 Å². The van der Waals surface area contributed by atoms with Gasteiger partial charge in [-0.25, -0.2) is 0 Å². The summed E-state index contributed by atoms with van der Waals surface area (Å²) >= 11 is 0. The van der Waals surface area contributed by atoms with Crippen LogP contribution < -0.4 is 5.32 Å². The van der Waals surface area contributed by atoms with Crippen LogP contribution in [0.4, 0.5) is 0 Å². The Hall–Kier alpha value is -0.910. The van der Waals surface area contributed by atoms with Gasteiger partial charge >= 0.3 is 0 Å². The van der Waals surface area contributed by atoms with E-state index in [4.69, 9.17) is 4.74 Å². The summed E-state index contributed by atoms with van der Waals surface area (Å²) in [5.41, 5.74) is 3.65. The smallest absolute Gasteiger partial charge is 0.0665 e. The molecule has 0 spiro atoms. The Morgan fingerprint density at radius 1 is 1.30 bits per heavy atom. The Kier molecular flexibility index (Phi) is 4.38. The van der Waals surface area contributed by atoms with Gasteiger partial charge in [0, 0.05) is 24.3 Å². The zero-order valence-corrected chi connectivity index (χ0v) is 12.6. The van der Waals surface area contributed by atoms with Crippen LogP contribution in [0.3, 0.4) is 0 Å². The number of nitrogens with one attached hydrogen (secondary N) is 2. The summed E-state index contributed by atoms with van der Waals surface area (Å²) in [5.74, 6) is 0.823. The third-order valence-corrected chi connectivity index (χ3v) is 4.71. The van der Waals surface area contributed by atoms with E-state index < -0.39 is 0 Å². The second kappa shape index (κ2) is 6.24. The molecular formula is C15H26N4O. The molecule has 2 N–H and O–H groups in total. The molecule has 2 fully saturated rings. The summed E-state index contributed by atoms with van der Waals surface area (Å²) in [7, 11) is 0. The molecule has 2 aliphatic heterocycles. The maximum absolute atomic E-state index is 5.74. The molecule has 20 heavy (non-hydrogen) atoms. The zero-order valence-electron chi connectivity index (χ0n) is 12.6. The molecule has 0 aromatic carbocycles. The van der Waals surface area contributed by atoms with Gasteiger partial charge in [0.15, 0.2) is 0 Å². The Balaban J connectivity index is 1.73. The number of H-pyrrole nitrogens is 1. The molecule has 2 aliphatic rings. The van der Waals surface area contributed by atoms with Gasteiger partial charge in [0.1, 0.15) is 0 Å². The summed E-state index contributed by atoms with van der Waals surface area (Å²) in [6, 6.07) is 0.373. The fraction of sp³-hybridized carbons (Fsp3) is 0.800. The highest BCUT2D eigenvalue weighted by Gasteiger charge is 2.30. The number of rotatable bonds is 3. The lowest BCUT2D eigenvalue weighted by molar-refractivity contribution is -0.0177. The second-order valence-corrected chi connectivity index (χ2v) is 6.13. The van der Waals surface area contributed by atoms with E-state index >= 15 is 0 Å². The van der Waals surface area contributed by atoms with Crippen molar-refractivity contribution in [1.82, 2.24) is 20.4 Å². The van der Waals surface area contributed by atoms with Crippen molar-refractivity contribution in [3.8, 4) is 0 Å². The fourth-order valence-electron chi connectivity index (χ4n) is 3.57. The lowest BCUT2D eigenvalue weighted by atomic mass is 9.95. The van der Waals surface area contributed by atoms with Gasteiger partial charge in [0.2, 0.25) is 0 Å². The molecule has 0 amide bonds. The molecule has 5 nitrogen and oxygen atoms in total. The van der Waals surface area contributed by atoms with E-state index in [0.29, 0.717) is 6.04 Å². The minimum absolute atomic E-state index is 0.373. The van der Waals surface area contributed by atoms with Crippen molar-refractivity contribution < 1.29 is 4.74 Å². The van der Waals surface area contributed by atoms with Gasteiger partial charge in [-0.1, -0.05) is 0 Å². The van der Waals surface area contributed by atoms with E-state index in [1.807, 2.05) is 0 Å². The number of hydrogen-bond donors (Lipinski definition) is 2. The number of ether oxygens (including phenoxy) is 1. The van der Waals surface area contributed by atoms with Gasteiger partial charge in [-0.3, -0.25) is 10.00 Å². The second-order valence-electron chi connectivity index (χ2n) is 6.13. The number of nitrogens with zero attached hydrogens (tertiary/aromatic N) is 2. The van der Waals surface area contributed by atoms with Crippen LogP contribution in [-0.4, -0.2) is 54.5 Å². The van der Waals surface area contributed by atoms with Crippen LogP contribution in [0.1, 0.15) is 35.8 Å². The molecule has 112 valence electrons. The predicted octanol–water partition coefficient (Wildman–Crippen LogP) is 1.40. The van der Waals surface area contributed by atoms with Gasteiger partial charge in [-0.05, 0) is 45.7 Å². The van der Waals surface area contributed by atoms with Crippen LogP contribution in [0.15, 0.2) is 0 Å². The first-order valence-electron chi connectivity index (χ1n) is 7.79. The van der Waals surface area contributed by atoms with Gasteiger partial charge < -0.3 is 10.1 Å². The Morgan fingerprint density at radius 2 is 2.10 bits per heavy atom. The SMILES string of the molecule is Cc1n[nH]c(C)c1C1COCCN1CC1CCNCC1. The van der Waals surface area contributed by atoms with Crippen molar-refractivity contribution in [2.75, 3.05) is 39.4 Å². The molecule has 0 saturated carbocycles. The largest absolute Gasteiger partial charge is 0.378 e. The van der Waals surface area contributed by atoms with Crippen LogP contribution in [0.2, 0.25) is 0 Å². The van der Waals surface area contributed by atoms with Crippen molar-refractivity contribution in [3.05, 3.63) is 17.0 Å². The quantitative estimate of drug-likeness (QED) is 0.877. The molecule has 0 aliphatic carbocycles. The third-order valence-electron chi connectivity index (χ3n) is 4.71. The molecule has 5 heteroatoms. The summed E-state index contributed by atoms with van der Waals surface area (Å²) in [4.78, 5) is 2.62. The minimum atomic E-state index is 0.373. The number of aromatic nitrogens is 2. The molecule has 1 atom stereocenters. The van der Waals surface area contributed by atoms with Gasteiger partial charge in [0.25, 0.3) is 0 Å². The summed E-state index contributed by atoms with van der Waals surface area (Å²) in [6.07, 6.45) is 2.60. The Bertz CT molecular complexity index is 420. The molecule has 1 aromatic heterocycles. The summed E-state index contributed by atoms with van der Waals surface area (Å²) in [6.45, 7) is 10.4. The predicted molar refractivity (Wildman–Crippen MR) is 78.8 cm³/mol. The summed E-state index contributed by atoms with van der Waals surface area (Å²) < 4.78 is 5.74. The number of hydrogen-bond acceptors (Lipinski definition) is 4. The topological polar surface area (TPSA) is 53.2 Å². The van der Waals surface area contributed by atoms with Crippen molar-refractivity contribution in [3.63, 3.8) is 0 Å². The monoisotopic (exact) mass is 278 g/mol. The number of morpholine rings is 1. The number of aromatic amines is 1. The average molecular weight is 278 g/mol. The molecule has 3 heterocycles. The third kappa shape index (κ3) is 2.90. The summed E-state index contributed by atoms with van der Waals surface area (Å²) in [5, 5.41) is 10.9. The molecule has 0 radical (unpaired) electrons. The molecular weight excluding hydrogens is 252 g/mol. The van der Waals surface area contributed by atoms with Crippen LogP contribution in [0, 0.1) is 19.8 Å². The van der Waals surface area contributed by atoms with Gasteiger partial charge in [-0.2, -0.15) is 5.10 Å². The number of piperidine rings is 1. The number of aryl methyl sites for hydroxylation is 2. The standard InChI is InChI=1S/C15H26N4O/c1-11-15(12(2)18-17-11)14-10-20-8-7-19(14)9-13-3-5-16-6-4-13/h13-14,16H,3-10H2,1-2H3,(H,17,18). The van der Waals surface area contributed by atoms with E-state index in [9.17, 15) is 0 Å². The highest BCUT2D eigenvalue weighted by molar-refractivity contribution is 5.27. The van der Waals surface area contributed by atoms with Gasteiger partial charge in [0.05, 0.1) is 24.9 Å². The maximum atomic E-state index is 5.74. The zero-order chi connectivity index (χ0) is 13.9. The highest BCUT2D eigenvalue weighted by Crippen LogP contribution is 2.30. The van der Waals surface area contributed by atoms with Crippen LogP contribution in [-0.2, 0) is 4.74 Å². The van der Waals surface area contributed by atoms with Gasteiger partial charge in [-0.15, -0.1) is 0 Å². The van der Waals surface area contributed by atoms with Crippen LogP contribution in [0.5, 0.6) is 0 Å². The molecule has 3 rings (SSSR count). The maximum Gasteiger partial charge on any atom is 0.0665 e. The van der Waals surface area contributed by atoms with E-state index in [1.54, 1.807) is 0 Å². The fourth-order valence-corrected chi connectivity index (χ4v) is 3.57. The van der Waals surface area contributed by atoms with Crippen molar-refractivity contribution in [1.29, 1.82) is 0 Å². The van der Waals surface area contributed by atoms with E-state index in [0.717, 1.165) is 31.4 Å². The lowest BCUT2D eigenvalue weighted by Crippen LogP contribution is -2.44. The first-order chi connectivity index (χ1) is 9.75. The minimum Gasteiger partial charge on any atom is -0.378 e. The van der Waals surface area contributed by atoms with Crippen LogP contribution >= 0.6 is 0 Å². The first-order valence-corrected chi connectivity index (χ1v) is 7.79. The lowest BCUT2D eigenvalue weighted by Gasteiger charge is -2.39. The van der Waals surface area contributed by atoms with Crippen molar-refractivity contribution >= 4 is 0 Å².